The zero-order chi connectivity index (χ0) is 7.28. The number of hydrogen-bond donors (Lipinski definition) is 1. The summed E-state index contributed by atoms with van der Waals surface area (Å²) in [5.41, 5.74) is 0. The van der Waals surface area contributed by atoms with Gasteiger partial charge in [-0.15, -0.1) is 0 Å². The van der Waals surface area contributed by atoms with E-state index in [1.807, 2.05) is 0 Å². The summed E-state index contributed by atoms with van der Waals surface area (Å²) in [5.74, 6) is 0. The molecule has 0 aliphatic heterocycles. The monoisotopic (exact) mass is 130 g/mol. The predicted molar refractivity (Wildman–Crippen MR) is 32.7 cm³/mol. The van der Waals surface area contributed by atoms with Gasteiger partial charge in [-0.25, -0.2) is 0 Å². The van der Waals surface area contributed by atoms with Crippen LogP contribution >= 0.6 is 0 Å². The average Bonchev–Trinajstić information content (AvgIpc) is 1.82. The highest BCUT2D eigenvalue weighted by Gasteiger charge is 2.05. The molecule has 52 valence electrons. The van der Waals surface area contributed by atoms with Gasteiger partial charge in [0.2, 0.25) is 6.41 Å². The summed E-state index contributed by atoms with van der Waals surface area (Å²) in [4.78, 5) is 21.5. The minimum Gasteiger partial charge on any atom is -0.337 e. The van der Waals surface area contributed by atoms with Crippen LogP contribution < -0.4 is 5.32 Å². The third-order valence-electron chi connectivity index (χ3n) is 0.924. The first kappa shape index (κ1) is 8.10. The van der Waals surface area contributed by atoms with Crippen molar-refractivity contribution in [1.82, 2.24) is 10.2 Å². The van der Waals surface area contributed by atoms with Crippen LogP contribution in [0.15, 0.2) is 0 Å². The third-order valence-corrected chi connectivity index (χ3v) is 0.924. The molecular weight excluding hydrogens is 120 g/mol. The van der Waals surface area contributed by atoms with Crippen molar-refractivity contribution in [3.05, 3.63) is 0 Å². The molecule has 1 amide bonds. The predicted octanol–water partition coefficient (Wildman–Crippen LogP) is -1.18. The Balaban J connectivity index is 3.66. The van der Waals surface area contributed by atoms with Gasteiger partial charge in [-0.2, -0.15) is 0 Å². The van der Waals surface area contributed by atoms with Crippen molar-refractivity contribution >= 4 is 12.7 Å². The van der Waals surface area contributed by atoms with E-state index in [1.54, 1.807) is 19.0 Å². The number of amides is 1. The lowest BCUT2D eigenvalue weighted by Gasteiger charge is -2.16. The van der Waals surface area contributed by atoms with Crippen molar-refractivity contribution in [1.29, 1.82) is 0 Å². The zero-order valence-corrected chi connectivity index (χ0v) is 5.50. The van der Waals surface area contributed by atoms with Crippen LogP contribution in [0.5, 0.6) is 0 Å². The molecule has 0 aromatic rings. The van der Waals surface area contributed by atoms with Crippen LogP contribution in [0.25, 0.3) is 0 Å². The summed E-state index contributed by atoms with van der Waals surface area (Å²) in [7, 11) is 3.41. The van der Waals surface area contributed by atoms with E-state index in [-0.39, 0.29) is 0 Å². The van der Waals surface area contributed by atoms with Crippen LogP contribution in [-0.2, 0) is 9.59 Å². The standard InChI is InChI=1S/C5H10N2O2/c1-7(2)5(3-8)6-4-9/h3-5H,1-2H3,(H,6,9). The van der Waals surface area contributed by atoms with Crippen LogP contribution in [0, 0.1) is 0 Å². The molecule has 4 nitrogen and oxygen atoms in total. The Hall–Kier alpha value is -0.900. The van der Waals surface area contributed by atoms with E-state index in [0.29, 0.717) is 12.7 Å². The third kappa shape index (κ3) is 2.81. The van der Waals surface area contributed by atoms with Crippen LogP contribution in [0.2, 0.25) is 0 Å². The van der Waals surface area contributed by atoms with Gasteiger partial charge in [0.25, 0.3) is 0 Å². The second-order valence-electron chi connectivity index (χ2n) is 1.83. The highest BCUT2D eigenvalue weighted by Crippen LogP contribution is 1.79. The molecule has 0 aromatic carbocycles. The van der Waals surface area contributed by atoms with Crippen LogP contribution in [0.1, 0.15) is 0 Å². The Morgan fingerprint density at radius 3 is 2.11 bits per heavy atom. The normalized spacial score (nSPS) is 12.8. The van der Waals surface area contributed by atoms with E-state index >= 15 is 0 Å². The SMILES string of the molecule is CN(C)C(C=O)NC=O. The van der Waals surface area contributed by atoms with Crippen molar-refractivity contribution in [2.24, 2.45) is 0 Å². The van der Waals surface area contributed by atoms with Gasteiger partial charge in [0.1, 0.15) is 6.17 Å². The number of nitrogens with one attached hydrogen (secondary N) is 1. The lowest BCUT2D eigenvalue weighted by atomic mass is 10.5. The van der Waals surface area contributed by atoms with E-state index in [0.717, 1.165) is 0 Å². The van der Waals surface area contributed by atoms with Gasteiger partial charge < -0.3 is 5.32 Å². The van der Waals surface area contributed by atoms with Crippen LogP contribution in [-0.4, -0.2) is 37.9 Å². The summed E-state index contributed by atoms with van der Waals surface area (Å²) in [6, 6.07) is 0. The number of aldehydes is 1. The highest BCUT2D eigenvalue weighted by atomic mass is 16.1. The summed E-state index contributed by atoms with van der Waals surface area (Å²) in [6.07, 6.45) is 0.662. The second-order valence-corrected chi connectivity index (χ2v) is 1.83. The second kappa shape index (κ2) is 4.03. The maximum Gasteiger partial charge on any atom is 0.208 e. The Morgan fingerprint density at radius 1 is 1.44 bits per heavy atom. The number of hydrogen-bond acceptors (Lipinski definition) is 3. The maximum atomic E-state index is 10.1. The molecule has 9 heavy (non-hydrogen) atoms. The zero-order valence-electron chi connectivity index (χ0n) is 5.50. The molecule has 1 N–H and O–H groups in total. The number of likely N-dealkylation sites (N-methyl/N-ethyl adjacent to an activating group) is 1. The fourth-order valence-electron chi connectivity index (χ4n) is 0.380. The molecular formula is C5H10N2O2. The Labute approximate surface area is 53.8 Å². The Bertz CT molecular complexity index is 103. The van der Waals surface area contributed by atoms with Gasteiger partial charge in [-0.05, 0) is 14.1 Å². The number of carbonyl (C=O) groups excluding carboxylic acids is 2. The smallest absolute Gasteiger partial charge is 0.208 e. The fourth-order valence-corrected chi connectivity index (χ4v) is 0.380. The van der Waals surface area contributed by atoms with Crippen molar-refractivity contribution in [3.8, 4) is 0 Å². The summed E-state index contributed by atoms with van der Waals surface area (Å²) < 4.78 is 0. The van der Waals surface area contributed by atoms with E-state index < -0.39 is 6.17 Å². The van der Waals surface area contributed by atoms with Crippen molar-refractivity contribution < 1.29 is 9.59 Å². The topological polar surface area (TPSA) is 49.4 Å². The number of carbonyl (C=O) groups is 2. The van der Waals surface area contributed by atoms with E-state index in [1.165, 1.54) is 0 Å². The molecule has 1 atom stereocenters. The van der Waals surface area contributed by atoms with Gasteiger partial charge >= 0.3 is 0 Å². The van der Waals surface area contributed by atoms with Crippen molar-refractivity contribution in [2.45, 2.75) is 6.17 Å². The highest BCUT2D eigenvalue weighted by molar-refractivity contribution is 5.62. The minimum absolute atomic E-state index is 0.498. The Morgan fingerprint density at radius 2 is 2.00 bits per heavy atom. The summed E-state index contributed by atoms with van der Waals surface area (Å²) in [6.45, 7) is 0. The Kier molecular flexibility index (Phi) is 3.62. The van der Waals surface area contributed by atoms with E-state index in [2.05, 4.69) is 5.32 Å². The van der Waals surface area contributed by atoms with Crippen LogP contribution in [0.3, 0.4) is 0 Å². The van der Waals surface area contributed by atoms with Crippen molar-refractivity contribution in [3.63, 3.8) is 0 Å². The molecule has 0 rings (SSSR count). The maximum absolute atomic E-state index is 10.1. The van der Waals surface area contributed by atoms with Gasteiger partial charge in [-0.3, -0.25) is 14.5 Å². The molecule has 1 unspecified atom stereocenters. The van der Waals surface area contributed by atoms with Crippen molar-refractivity contribution in [2.75, 3.05) is 14.1 Å². The number of nitrogens with zero attached hydrogens (tertiary/aromatic N) is 1. The van der Waals surface area contributed by atoms with Gasteiger partial charge in [0.05, 0.1) is 0 Å². The van der Waals surface area contributed by atoms with Crippen LogP contribution in [0.4, 0.5) is 0 Å². The summed E-state index contributed by atoms with van der Waals surface area (Å²) >= 11 is 0. The first-order valence-electron chi connectivity index (χ1n) is 2.53. The fraction of sp³-hybridized carbons (Fsp3) is 0.600. The molecule has 0 heterocycles. The molecule has 4 heteroatoms. The quantitative estimate of drug-likeness (QED) is 0.385. The molecule has 0 aromatic heterocycles. The molecule has 0 radical (unpaired) electrons. The molecule has 0 saturated carbocycles. The molecule has 0 saturated heterocycles. The summed E-state index contributed by atoms with van der Waals surface area (Å²) in [5, 5.41) is 2.31. The van der Waals surface area contributed by atoms with Gasteiger partial charge in [0.15, 0.2) is 6.29 Å². The molecule has 0 bridgehead atoms. The average molecular weight is 130 g/mol. The van der Waals surface area contributed by atoms with E-state index in [9.17, 15) is 9.59 Å². The first-order valence-corrected chi connectivity index (χ1v) is 2.53. The molecule has 0 aliphatic carbocycles. The van der Waals surface area contributed by atoms with E-state index in [4.69, 9.17) is 0 Å². The lowest BCUT2D eigenvalue weighted by Crippen LogP contribution is -2.41. The van der Waals surface area contributed by atoms with Gasteiger partial charge in [-0.1, -0.05) is 0 Å². The first-order chi connectivity index (χ1) is 4.22. The largest absolute Gasteiger partial charge is 0.337 e. The minimum atomic E-state index is -0.498. The van der Waals surface area contributed by atoms with Gasteiger partial charge in [0, 0.05) is 0 Å². The molecule has 0 spiro atoms. The molecule has 0 fully saturated rings. The lowest BCUT2D eigenvalue weighted by molar-refractivity contribution is -0.118. The number of rotatable bonds is 4. The molecule has 0 aliphatic rings.